The zero-order valence-electron chi connectivity index (χ0n) is 9.69. The first-order chi connectivity index (χ1) is 9.15. The van der Waals surface area contributed by atoms with Crippen molar-refractivity contribution in [3.05, 3.63) is 68.4 Å². The molecule has 0 saturated carbocycles. The maximum absolute atomic E-state index is 11.7. The Morgan fingerprint density at radius 2 is 1.79 bits per heavy atom. The smallest absolute Gasteiger partial charge is 0.336 e. The van der Waals surface area contributed by atoms with Gasteiger partial charge in [0.2, 0.25) is 0 Å². The summed E-state index contributed by atoms with van der Waals surface area (Å²) in [5.74, 6) is 0. The number of hydrogen-bond donors (Lipinski definition) is 0. The van der Waals surface area contributed by atoms with Crippen LogP contribution in [0.3, 0.4) is 0 Å². The monoisotopic (exact) mass is 334 g/mol. The molecule has 3 aromatic rings. The molecule has 0 atom stereocenters. The number of hydrogen-bond acceptors (Lipinski definition) is 2. The summed E-state index contributed by atoms with van der Waals surface area (Å²) in [6, 6.07) is 14.5. The van der Waals surface area contributed by atoms with E-state index in [2.05, 4.69) is 15.9 Å². The average molecular weight is 336 g/mol. The minimum atomic E-state index is -0.388. The lowest BCUT2D eigenvalue weighted by Crippen LogP contribution is -1.98. The maximum atomic E-state index is 11.7. The third-order valence-corrected chi connectivity index (χ3v) is 3.69. The Kier molecular flexibility index (Phi) is 3.17. The van der Waals surface area contributed by atoms with Gasteiger partial charge in [-0.1, -0.05) is 45.7 Å². The molecule has 0 unspecified atom stereocenters. The van der Waals surface area contributed by atoms with Crippen LogP contribution >= 0.6 is 27.5 Å². The maximum Gasteiger partial charge on any atom is 0.336 e. The van der Waals surface area contributed by atoms with Crippen LogP contribution in [0.15, 0.2) is 62.2 Å². The standard InChI is InChI=1S/C15H8BrClO2/c16-9-5-6-11-12(8-15(18)19-14(11)7-9)10-3-1-2-4-13(10)17/h1-8H. The zero-order chi connectivity index (χ0) is 13.4. The van der Waals surface area contributed by atoms with Crippen molar-refractivity contribution in [2.45, 2.75) is 0 Å². The second-order valence-electron chi connectivity index (χ2n) is 4.10. The van der Waals surface area contributed by atoms with Crippen molar-refractivity contribution in [2.24, 2.45) is 0 Å². The van der Waals surface area contributed by atoms with Gasteiger partial charge in [-0.2, -0.15) is 0 Å². The average Bonchev–Trinajstić information content (AvgIpc) is 2.38. The highest BCUT2D eigenvalue weighted by molar-refractivity contribution is 9.10. The molecule has 0 aliphatic heterocycles. The molecule has 4 heteroatoms. The third-order valence-electron chi connectivity index (χ3n) is 2.87. The van der Waals surface area contributed by atoms with Gasteiger partial charge >= 0.3 is 5.63 Å². The topological polar surface area (TPSA) is 30.2 Å². The fraction of sp³-hybridized carbons (Fsp3) is 0. The van der Waals surface area contributed by atoms with Gasteiger partial charge < -0.3 is 4.42 Å². The molecular weight excluding hydrogens is 328 g/mol. The Balaban J connectivity index is 2.41. The van der Waals surface area contributed by atoms with E-state index in [0.29, 0.717) is 10.6 Å². The summed E-state index contributed by atoms with van der Waals surface area (Å²) >= 11 is 9.56. The van der Waals surface area contributed by atoms with E-state index in [1.165, 1.54) is 6.07 Å². The molecule has 0 amide bonds. The van der Waals surface area contributed by atoms with Gasteiger partial charge in [-0.05, 0) is 24.3 Å². The summed E-state index contributed by atoms with van der Waals surface area (Å²) in [5.41, 5.74) is 1.76. The van der Waals surface area contributed by atoms with E-state index in [0.717, 1.165) is 21.0 Å². The molecule has 0 saturated heterocycles. The Morgan fingerprint density at radius 3 is 2.58 bits per heavy atom. The highest BCUT2D eigenvalue weighted by atomic mass is 79.9. The molecule has 0 aliphatic carbocycles. The van der Waals surface area contributed by atoms with E-state index in [-0.39, 0.29) is 5.63 Å². The van der Waals surface area contributed by atoms with Crippen molar-refractivity contribution < 1.29 is 4.42 Å². The Hall–Kier alpha value is -1.58. The van der Waals surface area contributed by atoms with E-state index < -0.39 is 0 Å². The van der Waals surface area contributed by atoms with Crippen LogP contribution in [0.5, 0.6) is 0 Å². The van der Waals surface area contributed by atoms with Gasteiger partial charge in [-0.15, -0.1) is 0 Å². The summed E-state index contributed by atoms with van der Waals surface area (Å²) in [7, 11) is 0. The molecular formula is C15H8BrClO2. The van der Waals surface area contributed by atoms with Crippen molar-refractivity contribution in [1.29, 1.82) is 0 Å². The molecule has 0 fully saturated rings. The fourth-order valence-electron chi connectivity index (χ4n) is 2.04. The van der Waals surface area contributed by atoms with Gasteiger partial charge in [0, 0.05) is 32.1 Å². The number of rotatable bonds is 1. The van der Waals surface area contributed by atoms with E-state index in [4.69, 9.17) is 16.0 Å². The van der Waals surface area contributed by atoms with Crippen molar-refractivity contribution >= 4 is 38.5 Å². The van der Waals surface area contributed by atoms with Crippen LogP contribution in [-0.4, -0.2) is 0 Å². The van der Waals surface area contributed by atoms with Gasteiger partial charge in [0.1, 0.15) is 5.58 Å². The summed E-state index contributed by atoms with van der Waals surface area (Å²) in [4.78, 5) is 11.7. The van der Waals surface area contributed by atoms with Gasteiger partial charge in [0.25, 0.3) is 0 Å². The minimum Gasteiger partial charge on any atom is -0.423 e. The summed E-state index contributed by atoms with van der Waals surface area (Å²) in [6.07, 6.45) is 0. The molecule has 0 aliphatic rings. The Labute approximate surface area is 122 Å². The molecule has 0 spiro atoms. The Bertz CT molecular complexity index is 824. The molecule has 3 rings (SSSR count). The Morgan fingerprint density at radius 1 is 1.00 bits per heavy atom. The van der Waals surface area contributed by atoms with Crippen LogP contribution in [0, 0.1) is 0 Å². The second-order valence-corrected chi connectivity index (χ2v) is 5.42. The fourth-order valence-corrected chi connectivity index (χ4v) is 2.62. The summed E-state index contributed by atoms with van der Waals surface area (Å²) in [5, 5.41) is 1.47. The van der Waals surface area contributed by atoms with Crippen molar-refractivity contribution in [3.8, 4) is 11.1 Å². The van der Waals surface area contributed by atoms with Crippen LogP contribution in [0.2, 0.25) is 5.02 Å². The predicted octanol–water partition coefficient (Wildman–Crippen LogP) is 4.88. The van der Waals surface area contributed by atoms with Crippen molar-refractivity contribution in [2.75, 3.05) is 0 Å². The van der Waals surface area contributed by atoms with E-state index >= 15 is 0 Å². The molecule has 2 nitrogen and oxygen atoms in total. The van der Waals surface area contributed by atoms with Crippen LogP contribution in [0.4, 0.5) is 0 Å². The highest BCUT2D eigenvalue weighted by Gasteiger charge is 2.10. The molecule has 19 heavy (non-hydrogen) atoms. The van der Waals surface area contributed by atoms with Crippen LogP contribution in [0.1, 0.15) is 0 Å². The lowest BCUT2D eigenvalue weighted by Gasteiger charge is -2.07. The molecule has 1 heterocycles. The summed E-state index contributed by atoms with van der Waals surface area (Å²) in [6.45, 7) is 0. The van der Waals surface area contributed by atoms with Crippen LogP contribution in [0.25, 0.3) is 22.1 Å². The molecule has 2 aromatic carbocycles. The van der Waals surface area contributed by atoms with E-state index in [1.807, 2.05) is 30.3 Å². The normalized spacial score (nSPS) is 10.8. The first-order valence-electron chi connectivity index (χ1n) is 5.63. The van der Waals surface area contributed by atoms with Gasteiger partial charge in [0.15, 0.2) is 0 Å². The van der Waals surface area contributed by atoms with Crippen LogP contribution < -0.4 is 5.63 Å². The quantitative estimate of drug-likeness (QED) is 0.594. The van der Waals surface area contributed by atoms with Crippen LogP contribution in [-0.2, 0) is 0 Å². The van der Waals surface area contributed by atoms with Gasteiger partial charge in [-0.25, -0.2) is 4.79 Å². The van der Waals surface area contributed by atoms with Crippen molar-refractivity contribution in [1.82, 2.24) is 0 Å². The lowest BCUT2D eigenvalue weighted by atomic mass is 10.0. The molecule has 1 aromatic heterocycles. The number of halogens is 2. The number of benzene rings is 2. The molecule has 0 bridgehead atoms. The summed E-state index contributed by atoms with van der Waals surface area (Å²) < 4.78 is 6.08. The predicted molar refractivity (Wildman–Crippen MR) is 80.6 cm³/mol. The van der Waals surface area contributed by atoms with Gasteiger partial charge in [0.05, 0.1) is 0 Å². The zero-order valence-corrected chi connectivity index (χ0v) is 12.0. The number of fused-ring (bicyclic) bond motifs is 1. The SMILES string of the molecule is O=c1cc(-c2ccccc2Cl)c2ccc(Br)cc2o1. The molecule has 0 radical (unpaired) electrons. The molecule has 94 valence electrons. The highest BCUT2D eigenvalue weighted by Crippen LogP contribution is 2.33. The first kappa shape index (κ1) is 12.5. The second kappa shape index (κ2) is 4.83. The third kappa shape index (κ3) is 2.31. The minimum absolute atomic E-state index is 0.388. The lowest BCUT2D eigenvalue weighted by molar-refractivity contribution is 0.561. The van der Waals surface area contributed by atoms with E-state index in [9.17, 15) is 4.79 Å². The molecule has 0 N–H and O–H groups in total. The largest absolute Gasteiger partial charge is 0.423 e. The van der Waals surface area contributed by atoms with E-state index in [1.54, 1.807) is 12.1 Å². The van der Waals surface area contributed by atoms with Crippen molar-refractivity contribution in [3.63, 3.8) is 0 Å². The first-order valence-corrected chi connectivity index (χ1v) is 6.80. The van der Waals surface area contributed by atoms with Gasteiger partial charge in [-0.3, -0.25) is 0 Å².